The summed E-state index contributed by atoms with van der Waals surface area (Å²) in [6.07, 6.45) is 1.51. The number of ether oxygens (including phenoxy) is 2. The van der Waals surface area contributed by atoms with Crippen molar-refractivity contribution in [2.75, 3.05) is 26.8 Å². The second kappa shape index (κ2) is 10.4. The summed E-state index contributed by atoms with van der Waals surface area (Å²) in [5.41, 5.74) is 16.3. The van der Waals surface area contributed by atoms with Gasteiger partial charge in [-0.25, -0.2) is 4.99 Å². The molecule has 0 saturated carbocycles. The first-order valence-corrected chi connectivity index (χ1v) is 6.98. The van der Waals surface area contributed by atoms with E-state index in [1.165, 1.54) is 6.21 Å². The number of nitrogens with two attached hydrogens (primary N) is 4. The van der Waals surface area contributed by atoms with Crippen molar-refractivity contribution < 1.29 is 9.47 Å². The number of methoxy groups -OCH3 is 1. The smallest absolute Gasteiger partial charge is 0.218 e. The lowest BCUT2D eigenvalue weighted by molar-refractivity contribution is 0.369. The van der Waals surface area contributed by atoms with E-state index in [4.69, 9.17) is 32.5 Å². The second-order valence-corrected chi connectivity index (χ2v) is 4.40. The Hall–Kier alpha value is -3.30. The summed E-state index contributed by atoms with van der Waals surface area (Å²) in [6, 6.07) is 7.20. The van der Waals surface area contributed by atoms with Gasteiger partial charge in [-0.2, -0.15) is 10.1 Å². The number of hydrazone groups is 1. The van der Waals surface area contributed by atoms with Crippen LogP contribution < -0.4 is 32.5 Å². The van der Waals surface area contributed by atoms with Gasteiger partial charge in [0.25, 0.3) is 0 Å². The van der Waals surface area contributed by atoms with Crippen LogP contribution in [0.15, 0.2) is 44.3 Å². The minimum Gasteiger partial charge on any atom is -0.497 e. The van der Waals surface area contributed by atoms with E-state index in [-0.39, 0.29) is 18.5 Å². The summed E-state index contributed by atoms with van der Waals surface area (Å²) >= 11 is 0. The van der Waals surface area contributed by atoms with Crippen molar-refractivity contribution in [2.45, 2.75) is 0 Å². The van der Waals surface area contributed by atoms with E-state index in [9.17, 15) is 0 Å². The molecule has 130 valence electrons. The molecule has 8 N–H and O–H groups in total. The van der Waals surface area contributed by atoms with Crippen LogP contribution in [0.5, 0.6) is 11.5 Å². The Labute approximate surface area is 139 Å². The minimum atomic E-state index is -0.146. The first kappa shape index (κ1) is 18.7. The van der Waals surface area contributed by atoms with Gasteiger partial charge in [0.05, 0.1) is 20.2 Å². The summed E-state index contributed by atoms with van der Waals surface area (Å²) in [5.74, 6) is 6.50. The fourth-order valence-corrected chi connectivity index (χ4v) is 1.52. The molecule has 10 nitrogen and oxygen atoms in total. The third kappa shape index (κ3) is 7.64. The molecule has 0 aliphatic rings. The molecule has 0 spiro atoms. The largest absolute Gasteiger partial charge is 0.497 e. The standard InChI is InChI=1S/C14H22N8O2/c1-23-11-3-2-4-12(7-11)24-9-10(22-18)8-19-5-6-20-14(17)21-13(15)16/h2-4,7-8H,5-6,9,18H2,1H3,(H6,15,16,17,20,21)/b19-8?,22-10+. The Morgan fingerprint density at radius 3 is 2.58 bits per heavy atom. The van der Waals surface area contributed by atoms with Crippen molar-refractivity contribution in [3.05, 3.63) is 24.3 Å². The molecule has 0 aromatic heterocycles. The maximum atomic E-state index is 5.57. The van der Waals surface area contributed by atoms with E-state index in [1.54, 1.807) is 19.2 Å². The minimum absolute atomic E-state index is 0.000673. The van der Waals surface area contributed by atoms with E-state index in [0.29, 0.717) is 30.3 Å². The van der Waals surface area contributed by atoms with E-state index in [0.717, 1.165) is 0 Å². The number of benzene rings is 1. The van der Waals surface area contributed by atoms with Gasteiger partial charge in [0.2, 0.25) is 5.96 Å². The van der Waals surface area contributed by atoms with Crippen LogP contribution in [0.4, 0.5) is 0 Å². The quantitative estimate of drug-likeness (QED) is 0.157. The number of rotatable bonds is 8. The van der Waals surface area contributed by atoms with Gasteiger partial charge in [0.1, 0.15) is 23.8 Å². The van der Waals surface area contributed by atoms with E-state index in [1.807, 2.05) is 12.1 Å². The Bertz CT molecular complexity index is 635. The zero-order valence-electron chi connectivity index (χ0n) is 13.4. The summed E-state index contributed by atoms with van der Waals surface area (Å²) in [5, 5.41) is 3.61. The predicted molar refractivity (Wildman–Crippen MR) is 95.8 cm³/mol. The average Bonchev–Trinajstić information content (AvgIpc) is 2.56. The summed E-state index contributed by atoms with van der Waals surface area (Å²) < 4.78 is 10.7. The molecular formula is C14H22N8O2. The molecule has 0 heterocycles. The number of aliphatic imine (C=N–C) groups is 3. The highest BCUT2D eigenvalue weighted by molar-refractivity contribution is 6.31. The number of hydrogen-bond donors (Lipinski definition) is 4. The average molecular weight is 334 g/mol. The van der Waals surface area contributed by atoms with Crippen LogP contribution in [0.2, 0.25) is 0 Å². The van der Waals surface area contributed by atoms with Crippen LogP contribution in [-0.2, 0) is 0 Å². The van der Waals surface area contributed by atoms with Gasteiger partial charge in [0.15, 0.2) is 5.96 Å². The Balaban J connectivity index is 2.43. The van der Waals surface area contributed by atoms with Gasteiger partial charge in [-0.15, -0.1) is 0 Å². The summed E-state index contributed by atoms with van der Waals surface area (Å²) in [4.78, 5) is 11.6. The molecule has 24 heavy (non-hydrogen) atoms. The SMILES string of the molecule is COc1cccc(OC/C(C=NCCN=C(N)N=C(N)N)=N/N)c1. The third-order valence-corrected chi connectivity index (χ3v) is 2.58. The van der Waals surface area contributed by atoms with Crippen LogP contribution in [0.25, 0.3) is 0 Å². The van der Waals surface area contributed by atoms with Gasteiger partial charge >= 0.3 is 0 Å². The lowest BCUT2D eigenvalue weighted by Gasteiger charge is -2.07. The molecule has 0 bridgehead atoms. The van der Waals surface area contributed by atoms with Crippen LogP contribution >= 0.6 is 0 Å². The summed E-state index contributed by atoms with van der Waals surface area (Å²) in [6.45, 7) is 0.874. The molecular weight excluding hydrogens is 312 g/mol. The highest BCUT2D eigenvalue weighted by Crippen LogP contribution is 2.18. The Morgan fingerprint density at radius 2 is 1.92 bits per heavy atom. The molecule has 0 aliphatic carbocycles. The predicted octanol–water partition coefficient (Wildman–Crippen LogP) is -0.952. The fraction of sp³-hybridized carbons (Fsp3) is 0.286. The molecule has 10 heteroatoms. The monoisotopic (exact) mass is 334 g/mol. The van der Waals surface area contributed by atoms with Crippen molar-refractivity contribution >= 4 is 23.8 Å². The van der Waals surface area contributed by atoms with E-state index >= 15 is 0 Å². The van der Waals surface area contributed by atoms with Gasteiger partial charge in [0, 0.05) is 12.3 Å². The zero-order valence-corrected chi connectivity index (χ0v) is 13.4. The molecule has 1 aromatic rings. The van der Waals surface area contributed by atoms with Crippen LogP contribution in [-0.4, -0.2) is 50.7 Å². The van der Waals surface area contributed by atoms with Gasteiger partial charge in [-0.3, -0.25) is 4.99 Å². The first-order chi connectivity index (χ1) is 11.5. The molecule has 1 rings (SSSR count). The Kier molecular flexibility index (Phi) is 8.15. The lowest BCUT2D eigenvalue weighted by atomic mass is 10.3. The molecule has 0 radical (unpaired) electrons. The summed E-state index contributed by atoms with van der Waals surface area (Å²) in [7, 11) is 1.58. The van der Waals surface area contributed by atoms with Crippen molar-refractivity contribution in [1.29, 1.82) is 0 Å². The van der Waals surface area contributed by atoms with E-state index < -0.39 is 0 Å². The highest BCUT2D eigenvalue weighted by atomic mass is 16.5. The molecule has 1 aromatic carbocycles. The number of guanidine groups is 2. The van der Waals surface area contributed by atoms with Crippen LogP contribution in [0, 0.1) is 0 Å². The topological polar surface area (TPSA) is 172 Å². The van der Waals surface area contributed by atoms with Crippen LogP contribution in [0.3, 0.4) is 0 Å². The highest BCUT2D eigenvalue weighted by Gasteiger charge is 2.00. The maximum Gasteiger partial charge on any atom is 0.218 e. The third-order valence-electron chi connectivity index (χ3n) is 2.58. The molecule has 0 unspecified atom stereocenters. The Morgan fingerprint density at radius 1 is 1.17 bits per heavy atom. The van der Waals surface area contributed by atoms with Crippen molar-refractivity contribution in [3.8, 4) is 11.5 Å². The second-order valence-electron chi connectivity index (χ2n) is 4.40. The molecule has 0 saturated heterocycles. The molecule has 0 fully saturated rings. The first-order valence-electron chi connectivity index (χ1n) is 6.98. The van der Waals surface area contributed by atoms with Crippen molar-refractivity contribution in [1.82, 2.24) is 0 Å². The number of hydrogen-bond acceptors (Lipinski definition) is 6. The lowest BCUT2D eigenvalue weighted by Crippen LogP contribution is -2.26. The van der Waals surface area contributed by atoms with Crippen molar-refractivity contribution in [3.63, 3.8) is 0 Å². The fourth-order valence-electron chi connectivity index (χ4n) is 1.52. The molecule has 0 aliphatic heterocycles. The maximum absolute atomic E-state index is 5.57. The molecule has 0 atom stereocenters. The molecule has 0 amide bonds. The normalized spacial score (nSPS) is 12.2. The zero-order chi connectivity index (χ0) is 17.8. The van der Waals surface area contributed by atoms with E-state index in [2.05, 4.69) is 20.1 Å². The number of nitrogens with zero attached hydrogens (tertiary/aromatic N) is 4. The van der Waals surface area contributed by atoms with Gasteiger partial charge in [-0.05, 0) is 12.1 Å². The van der Waals surface area contributed by atoms with Gasteiger partial charge < -0.3 is 32.5 Å². The van der Waals surface area contributed by atoms with Gasteiger partial charge in [-0.1, -0.05) is 6.07 Å². The van der Waals surface area contributed by atoms with Crippen molar-refractivity contribution in [2.24, 2.45) is 43.1 Å². The van der Waals surface area contributed by atoms with Crippen LogP contribution in [0.1, 0.15) is 0 Å².